The van der Waals surface area contributed by atoms with Gasteiger partial charge in [-0.05, 0) is 31.5 Å². The molecule has 0 fully saturated rings. The molecule has 0 aliphatic rings. The summed E-state index contributed by atoms with van der Waals surface area (Å²) in [6.45, 7) is 3.75. The molecule has 0 unspecified atom stereocenters. The van der Waals surface area contributed by atoms with Gasteiger partial charge in [0.2, 0.25) is 0 Å². The Balaban J connectivity index is 2.21. The maximum absolute atomic E-state index is 12.9. The maximum Gasteiger partial charge on any atom is 0.416 e. The van der Waals surface area contributed by atoms with Gasteiger partial charge in [0.25, 0.3) is 0 Å². The van der Waals surface area contributed by atoms with E-state index in [1.807, 2.05) is 0 Å². The van der Waals surface area contributed by atoms with E-state index in [9.17, 15) is 18.0 Å². The molecule has 0 saturated carbocycles. The number of methoxy groups -OCH3 is 1. The third kappa shape index (κ3) is 5.91. The molecule has 29 heavy (non-hydrogen) atoms. The number of hydrogen-bond acceptors (Lipinski definition) is 5. The zero-order chi connectivity index (χ0) is 21.4. The average molecular weight is 406 g/mol. The number of rotatable bonds is 7. The van der Waals surface area contributed by atoms with Gasteiger partial charge in [-0.25, -0.2) is 4.79 Å². The summed E-state index contributed by atoms with van der Waals surface area (Å²) in [5, 5.41) is 3.92. The number of esters is 1. The van der Waals surface area contributed by atoms with Gasteiger partial charge >= 0.3 is 12.1 Å². The van der Waals surface area contributed by atoms with Crippen molar-refractivity contribution in [2.24, 2.45) is 10.1 Å². The first kappa shape index (κ1) is 22.1. The molecule has 0 aliphatic heterocycles. The summed E-state index contributed by atoms with van der Waals surface area (Å²) < 4.78 is 43.4. The standard InChI is InChI=1S/C21H21F3N2O3/c1-4-25-19(20(27)28-3)18-11-6-5-8-16(18)13-29-26-14(2)15-9-7-10-17(12-15)21(22,23)24/h5-12H,4,13H2,1-3H3/b25-19+,26-14+. The number of aliphatic imine (C=N–C) groups is 1. The highest BCUT2D eigenvalue weighted by Gasteiger charge is 2.30. The van der Waals surface area contributed by atoms with Crippen molar-refractivity contribution in [1.29, 1.82) is 0 Å². The Morgan fingerprint density at radius 3 is 2.48 bits per heavy atom. The number of hydrogen-bond donors (Lipinski definition) is 0. The second-order valence-electron chi connectivity index (χ2n) is 6.00. The lowest BCUT2D eigenvalue weighted by Gasteiger charge is -2.11. The van der Waals surface area contributed by atoms with Crippen LogP contribution in [-0.4, -0.2) is 31.0 Å². The van der Waals surface area contributed by atoms with Crippen molar-refractivity contribution in [1.82, 2.24) is 0 Å². The highest BCUT2D eigenvalue weighted by atomic mass is 19.4. The average Bonchev–Trinajstić information content (AvgIpc) is 2.71. The van der Waals surface area contributed by atoms with Crippen molar-refractivity contribution in [3.05, 3.63) is 70.8 Å². The first-order valence-electron chi connectivity index (χ1n) is 8.83. The van der Waals surface area contributed by atoms with E-state index in [1.54, 1.807) is 38.1 Å². The molecule has 0 aromatic heterocycles. The van der Waals surface area contributed by atoms with Crippen LogP contribution in [0, 0.1) is 0 Å². The number of alkyl halides is 3. The normalized spacial score (nSPS) is 12.6. The summed E-state index contributed by atoms with van der Waals surface area (Å²) in [5.74, 6) is -0.567. The summed E-state index contributed by atoms with van der Waals surface area (Å²) >= 11 is 0. The topological polar surface area (TPSA) is 60.2 Å². The number of ether oxygens (including phenoxy) is 1. The smallest absolute Gasteiger partial charge is 0.416 e. The molecule has 0 aliphatic carbocycles. The van der Waals surface area contributed by atoms with Crippen LogP contribution in [0.5, 0.6) is 0 Å². The van der Waals surface area contributed by atoms with Gasteiger partial charge in [-0.15, -0.1) is 0 Å². The molecule has 0 spiro atoms. The third-order valence-electron chi connectivity index (χ3n) is 4.00. The second-order valence-corrected chi connectivity index (χ2v) is 6.00. The molecule has 0 atom stereocenters. The summed E-state index contributed by atoms with van der Waals surface area (Å²) in [5.41, 5.74) is 1.21. The molecule has 0 radical (unpaired) electrons. The van der Waals surface area contributed by atoms with Crippen molar-refractivity contribution >= 4 is 17.4 Å². The van der Waals surface area contributed by atoms with Crippen molar-refractivity contribution in [2.45, 2.75) is 26.6 Å². The molecule has 2 aromatic rings. The number of carbonyl (C=O) groups excluding carboxylic acids is 1. The van der Waals surface area contributed by atoms with E-state index in [0.29, 0.717) is 28.9 Å². The van der Waals surface area contributed by atoms with E-state index in [0.717, 1.165) is 12.1 Å². The van der Waals surface area contributed by atoms with Crippen molar-refractivity contribution < 1.29 is 27.5 Å². The van der Waals surface area contributed by atoms with Gasteiger partial charge in [-0.3, -0.25) is 4.99 Å². The minimum atomic E-state index is -4.43. The van der Waals surface area contributed by atoms with Crippen molar-refractivity contribution in [3.8, 4) is 0 Å². The van der Waals surface area contributed by atoms with E-state index in [-0.39, 0.29) is 12.3 Å². The highest BCUT2D eigenvalue weighted by Crippen LogP contribution is 2.29. The fourth-order valence-corrected chi connectivity index (χ4v) is 2.56. The Kier molecular flexibility index (Phi) is 7.52. The lowest BCUT2D eigenvalue weighted by atomic mass is 10.0. The van der Waals surface area contributed by atoms with Gasteiger partial charge in [0.15, 0.2) is 5.71 Å². The molecule has 154 valence electrons. The largest absolute Gasteiger partial charge is 0.464 e. The molecule has 8 heteroatoms. The van der Waals surface area contributed by atoms with Gasteiger partial charge in [0.05, 0.1) is 18.4 Å². The molecule has 2 aromatic carbocycles. The van der Waals surface area contributed by atoms with E-state index < -0.39 is 17.7 Å². The number of halogens is 3. The minimum absolute atomic E-state index is 0.00615. The monoisotopic (exact) mass is 406 g/mol. The molecular weight excluding hydrogens is 385 g/mol. The van der Waals surface area contributed by atoms with Gasteiger partial charge in [0.1, 0.15) is 6.61 Å². The Hall–Kier alpha value is -3.16. The van der Waals surface area contributed by atoms with E-state index in [2.05, 4.69) is 10.1 Å². The lowest BCUT2D eigenvalue weighted by molar-refractivity contribution is -0.137. The highest BCUT2D eigenvalue weighted by molar-refractivity contribution is 6.43. The first-order valence-corrected chi connectivity index (χ1v) is 8.83. The zero-order valence-corrected chi connectivity index (χ0v) is 16.3. The predicted octanol–water partition coefficient (Wildman–Crippen LogP) is 4.63. The SMILES string of the molecule is CC/N=C(/C(=O)OC)c1ccccc1CO/N=C(\C)c1cccc(C(F)(F)F)c1. The molecule has 0 amide bonds. The zero-order valence-electron chi connectivity index (χ0n) is 16.3. The van der Waals surface area contributed by atoms with E-state index in [1.165, 1.54) is 19.2 Å². The third-order valence-corrected chi connectivity index (χ3v) is 4.00. The van der Waals surface area contributed by atoms with Crippen LogP contribution in [0.25, 0.3) is 0 Å². The fraction of sp³-hybridized carbons (Fsp3) is 0.286. The van der Waals surface area contributed by atoms with Crippen LogP contribution in [0.15, 0.2) is 58.7 Å². The van der Waals surface area contributed by atoms with Crippen LogP contribution in [0.1, 0.15) is 36.1 Å². The first-order chi connectivity index (χ1) is 13.8. The summed E-state index contributed by atoms with van der Waals surface area (Å²) in [7, 11) is 1.27. The summed E-state index contributed by atoms with van der Waals surface area (Å²) in [6.07, 6.45) is -4.43. The molecule has 2 rings (SSSR count). The van der Waals surface area contributed by atoms with E-state index in [4.69, 9.17) is 9.57 Å². The van der Waals surface area contributed by atoms with Crippen LogP contribution in [0.2, 0.25) is 0 Å². The summed E-state index contributed by atoms with van der Waals surface area (Å²) in [6, 6.07) is 11.8. The van der Waals surface area contributed by atoms with Crippen LogP contribution in [-0.2, 0) is 27.2 Å². The number of benzene rings is 2. The van der Waals surface area contributed by atoms with Gasteiger partial charge < -0.3 is 9.57 Å². The Morgan fingerprint density at radius 2 is 1.83 bits per heavy atom. The molecule has 5 nitrogen and oxygen atoms in total. The van der Waals surface area contributed by atoms with Crippen LogP contribution < -0.4 is 0 Å². The molecule has 0 heterocycles. The van der Waals surface area contributed by atoms with Crippen molar-refractivity contribution in [3.63, 3.8) is 0 Å². The lowest BCUT2D eigenvalue weighted by Crippen LogP contribution is -2.19. The Bertz CT molecular complexity index is 921. The van der Waals surface area contributed by atoms with Crippen molar-refractivity contribution in [2.75, 3.05) is 13.7 Å². The fourth-order valence-electron chi connectivity index (χ4n) is 2.56. The molecule has 0 saturated heterocycles. The molecular formula is C21H21F3N2O3. The Labute approximate surface area is 166 Å². The van der Waals surface area contributed by atoms with Gasteiger partial charge in [-0.1, -0.05) is 41.6 Å². The molecule has 0 bridgehead atoms. The predicted molar refractivity (Wildman–Crippen MR) is 104 cm³/mol. The Morgan fingerprint density at radius 1 is 1.10 bits per heavy atom. The number of nitrogens with zero attached hydrogens (tertiary/aromatic N) is 2. The second kappa shape index (κ2) is 9.86. The van der Waals surface area contributed by atoms with Gasteiger partial charge in [0, 0.05) is 17.7 Å². The van der Waals surface area contributed by atoms with Gasteiger partial charge in [-0.2, -0.15) is 13.2 Å². The molecule has 0 N–H and O–H groups in total. The van der Waals surface area contributed by atoms with E-state index >= 15 is 0 Å². The minimum Gasteiger partial charge on any atom is -0.464 e. The quantitative estimate of drug-likeness (QED) is 0.383. The summed E-state index contributed by atoms with van der Waals surface area (Å²) in [4.78, 5) is 21.6. The van der Waals surface area contributed by atoms with Crippen LogP contribution in [0.4, 0.5) is 13.2 Å². The number of carbonyl (C=O) groups is 1. The maximum atomic E-state index is 12.9. The van der Waals surface area contributed by atoms with Crippen LogP contribution in [0.3, 0.4) is 0 Å². The van der Waals surface area contributed by atoms with Crippen LogP contribution >= 0.6 is 0 Å². The number of oxime groups is 1.